The molecule has 1 aliphatic carbocycles. The summed E-state index contributed by atoms with van der Waals surface area (Å²) in [5.41, 5.74) is 6.76. The third-order valence-corrected chi connectivity index (χ3v) is 4.50. The zero-order valence-corrected chi connectivity index (χ0v) is 13.5. The molecule has 2 N–H and O–H groups in total. The van der Waals surface area contributed by atoms with E-state index in [2.05, 4.69) is 26.1 Å². The van der Waals surface area contributed by atoms with E-state index in [1.165, 1.54) is 6.42 Å². The molecule has 3 rings (SSSR count). The van der Waals surface area contributed by atoms with Crippen molar-refractivity contribution in [2.75, 3.05) is 7.11 Å². The molecular formula is C15H18BrN3O2. The van der Waals surface area contributed by atoms with Gasteiger partial charge in [-0.15, -0.1) is 0 Å². The van der Waals surface area contributed by atoms with Crippen LogP contribution in [0.4, 0.5) is 0 Å². The molecular weight excluding hydrogens is 334 g/mol. The van der Waals surface area contributed by atoms with Crippen molar-refractivity contribution in [3.8, 4) is 17.2 Å². The van der Waals surface area contributed by atoms with E-state index >= 15 is 0 Å². The second kappa shape index (κ2) is 5.77. The Labute approximate surface area is 132 Å². The lowest BCUT2D eigenvalue weighted by Gasteiger charge is -2.29. The minimum Gasteiger partial charge on any atom is -0.496 e. The largest absolute Gasteiger partial charge is 0.496 e. The van der Waals surface area contributed by atoms with Gasteiger partial charge >= 0.3 is 0 Å². The smallest absolute Gasteiger partial charge is 0.261 e. The van der Waals surface area contributed by atoms with Gasteiger partial charge < -0.3 is 15.0 Å². The highest BCUT2D eigenvalue weighted by atomic mass is 79.9. The van der Waals surface area contributed by atoms with Gasteiger partial charge in [0.05, 0.1) is 18.2 Å². The Bertz CT molecular complexity index is 636. The van der Waals surface area contributed by atoms with Crippen molar-refractivity contribution in [1.29, 1.82) is 0 Å². The Morgan fingerprint density at radius 1 is 1.29 bits per heavy atom. The molecule has 6 heteroatoms. The van der Waals surface area contributed by atoms with Crippen LogP contribution in [0, 0.1) is 0 Å². The van der Waals surface area contributed by atoms with E-state index in [4.69, 9.17) is 15.0 Å². The van der Waals surface area contributed by atoms with Gasteiger partial charge in [-0.2, -0.15) is 4.98 Å². The molecule has 0 saturated heterocycles. The molecule has 112 valence electrons. The molecule has 1 aromatic heterocycles. The topological polar surface area (TPSA) is 74.2 Å². The first-order valence-electron chi connectivity index (χ1n) is 7.09. The molecule has 1 aliphatic rings. The molecule has 0 unspecified atom stereocenters. The first-order chi connectivity index (χ1) is 10.1. The molecule has 21 heavy (non-hydrogen) atoms. The zero-order valence-electron chi connectivity index (χ0n) is 11.9. The van der Waals surface area contributed by atoms with Crippen LogP contribution in [-0.4, -0.2) is 17.3 Å². The van der Waals surface area contributed by atoms with Crippen molar-refractivity contribution in [2.45, 2.75) is 37.6 Å². The summed E-state index contributed by atoms with van der Waals surface area (Å²) in [5, 5.41) is 4.11. The number of benzene rings is 1. The number of methoxy groups -OCH3 is 1. The normalized spacial score (nSPS) is 17.7. The number of halogens is 1. The number of ether oxygens (including phenoxy) is 1. The van der Waals surface area contributed by atoms with Crippen molar-refractivity contribution in [2.24, 2.45) is 5.73 Å². The Morgan fingerprint density at radius 3 is 2.76 bits per heavy atom. The van der Waals surface area contributed by atoms with Crippen LogP contribution in [0.3, 0.4) is 0 Å². The molecule has 2 aromatic rings. The standard InChI is InChI=1S/C15H18BrN3O2/c1-20-12-9-10(16)5-6-11(12)13-18-14(19-21-13)15(17)7-3-2-4-8-15/h5-6,9H,2-4,7-8,17H2,1H3. The van der Waals surface area contributed by atoms with Gasteiger partial charge in [-0.05, 0) is 31.0 Å². The summed E-state index contributed by atoms with van der Waals surface area (Å²) in [5.74, 6) is 1.74. The van der Waals surface area contributed by atoms with Gasteiger partial charge in [0.2, 0.25) is 0 Å². The summed E-state index contributed by atoms with van der Waals surface area (Å²) < 4.78 is 11.7. The first-order valence-corrected chi connectivity index (χ1v) is 7.89. The van der Waals surface area contributed by atoms with Gasteiger partial charge in [0.15, 0.2) is 5.82 Å². The predicted molar refractivity (Wildman–Crippen MR) is 82.9 cm³/mol. The molecule has 0 bridgehead atoms. The number of aromatic nitrogens is 2. The van der Waals surface area contributed by atoms with Crippen LogP contribution >= 0.6 is 15.9 Å². The lowest BCUT2D eigenvalue weighted by molar-refractivity contribution is 0.275. The number of hydrogen-bond donors (Lipinski definition) is 1. The zero-order chi connectivity index (χ0) is 14.9. The minimum atomic E-state index is -0.456. The average Bonchev–Trinajstić information content (AvgIpc) is 2.98. The van der Waals surface area contributed by atoms with Crippen molar-refractivity contribution in [1.82, 2.24) is 10.1 Å². The van der Waals surface area contributed by atoms with Crippen molar-refractivity contribution >= 4 is 15.9 Å². The highest BCUT2D eigenvalue weighted by molar-refractivity contribution is 9.10. The lowest BCUT2D eigenvalue weighted by atomic mass is 9.82. The maximum Gasteiger partial charge on any atom is 0.261 e. The Kier molecular flexibility index (Phi) is 3.99. The van der Waals surface area contributed by atoms with Crippen molar-refractivity contribution in [3.63, 3.8) is 0 Å². The summed E-state index contributed by atoms with van der Waals surface area (Å²) in [4.78, 5) is 4.52. The van der Waals surface area contributed by atoms with E-state index in [1.807, 2.05) is 18.2 Å². The Hall–Kier alpha value is -1.40. The SMILES string of the molecule is COc1cc(Br)ccc1-c1nc(C2(N)CCCCC2)no1. The van der Waals surface area contributed by atoms with E-state index in [-0.39, 0.29) is 0 Å². The third-order valence-electron chi connectivity index (χ3n) is 4.01. The second-order valence-corrected chi connectivity index (χ2v) is 6.40. The van der Waals surface area contributed by atoms with Crippen LogP contribution < -0.4 is 10.5 Å². The van der Waals surface area contributed by atoms with Crippen molar-refractivity contribution < 1.29 is 9.26 Å². The second-order valence-electron chi connectivity index (χ2n) is 5.48. The number of rotatable bonds is 3. The third kappa shape index (κ3) is 2.82. The molecule has 0 atom stereocenters. The van der Waals surface area contributed by atoms with Crippen LogP contribution in [0.1, 0.15) is 37.9 Å². The first kappa shape index (κ1) is 14.5. The van der Waals surface area contributed by atoms with Crippen LogP contribution in [0.2, 0.25) is 0 Å². The highest BCUT2D eigenvalue weighted by Gasteiger charge is 2.34. The van der Waals surface area contributed by atoms with Crippen LogP contribution in [0.25, 0.3) is 11.5 Å². The lowest BCUT2D eigenvalue weighted by Crippen LogP contribution is -2.39. The molecule has 1 aromatic carbocycles. The molecule has 0 amide bonds. The summed E-state index contributed by atoms with van der Waals surface area (Å²) in [6.45, 7) is 0. The molecule has 0 aliphatic heterocycles. The van der Waals surface area contributed by atoms with Gasteiger partial charge in [-0.25, -0.2) is 0 Å². The Morgan fingerprint density at radius 2 is 2.05 bits per heavy atom. The van der Waals surface area contributed by atoms with E-state index in [0.717, 1.165) is 35.7 Å². The molecule has 0 radical (unpaired) electrons. The maximum absolute atomic E-state index is 6.44. The van der Waals surface area contributed by atoms with Crippen LogP contribution in [0.15, 0.2) is 27.2 Å². The van der Waals surface area contributed by atoms with E-state index in [1.54, 1.807) is 7.11 Å². The fourth-order valence-corrected chi connectivity index (χ4v) is 3.12. The van der Waals surface area contributed by atoms with Gasteiger partial charge in [0.25, 0.3) is 5.89 Å². The molecule has 1 saturated carbocycles. The van der Waals surface area contributed by atoms with Crippen LogP contribution in [-0.2, 0) is 5.54 Å². The van der Waals surface area contributed by atoms with Gasteiger partial charge in [-0.3, -0.25) is 0 Å². The van der Waals surface area contributed by atoms with E-state index < -0.39 is 5.54 Å². The maximum atomic E-state index is 6.44. The Balaban J connectivity index is 1.95. The average molecular weight is 352 g/mol. The van der Waals surface area contributed by atoms with Gasteiger partial charge in [0, 0.05) is 4.47 Å². The van der Waals surface area contributed by atoms with Gasteiger partial charge in [-0.1, -0.05) is 40.3 Å². The molecule has 1 heterocycles. The number of nitrogens with two attached hydrogens (primary N) is 1. The molecule has 0 spiro atoms. The fraction of sp³-hybridized carbons (Fsp3) is 0.467. The van der Waals surface area contributed by atoms with Gasteiger partial charge in [0.1, 0.15) is 5.75 Å². The number of nitrogens with zero attached hydrogens (tertiary/aromatic N) is 2. The number of hydrogen-bond acceptors (Lipinski definition) is 5. The molecule has 1 fully saturated rings. The monoisotopic (exact) mass is 351 g/mol. The summed E-state index contributed by atoms with van der Waals surface area (Å²) >= 11 is 3.42. The molecule has 5 nitrogen and oxygen atoms in total. The highest BCUT2D eigenvalue weighted by Crippen LogP contribution is 2.36. The summed E-state index contributed by atoms with van der Waals surface area (Å²) in [6.07, 6.45) is 5.26. The fourth-order valence-electron chi connectivity index (χ4n) is 2.78. The van der Waals surface area contributed by atoms with E-state index in [0.29, 0.717) is 17.5 Å². The predicted octanol–water partition coefficient (Wildman–Crippen LogP) is 3.63. The summed E-state index contributed by atoms with van der Waals surface area (Å²) in [6, 6.07) is 5.68. The van der Waals surface area contributed by atoms with E-state index in [9.17, 15) is 0 Å². The quantitative estimate of drug-likeness (QED) is 0.913. The minimum absolute atomic E-state index is 0.449. The summed E-state index contributed by atoms with van der Waals surface area (Å²) in [7, 11) is 1.62. The van der Waals surface area contributed by atoms with Crippen LogP contribution in [0.5, 0.6) is 5.75 Å². The van der Waals surface area contributed by atoms with Crippen molar-refractivity contribution in [3.05, 3.63) is 28.5 Å².